The Kier molecular flexibility index (Phi) is 5.40. The van der Waals surface area contributed by atoms with E-state index in [1.54, 1.807) is 9.80 Å². The highest BCUT2D eigenvalue weighted by Crippen LogP contribution is 2.33. The predicted octanol–water partition coefficient (Wildman–Crippen LogP) is 4.22. The van der Waals surface area contributed by atoms with E-state index in [0.717, 1.165) is 16.9 Å². The molecule has 0 aliphatic carbocycles. The molecular weight excluding hydrogens is 324 g/mol. The molecule has 4 heteroatoms. The third-order valence-electron chi connectivity index (χ3n) is 4.97. The summed E-state index contributed by atoms with van der Waals surface area (Å²) in [6, 6.07) is 17.6. The van der Waals surface area contributed by atoms with E-state index in [1.165, 1.54) is 0 Å². The molecule has 0 N–H and O–H groups in total. The Bertz CT molecular complexity index is 786. The third kappa shape index (κ3) is 3.50. The summed E-state index contributed by atoms with van der Waals surface area (Å²) in [7, 11) is 0. The molecule has 136 valence electrons. The Labute approximate surface area is 155 Å². The smallest absolute Gasteiger partial charge is 0.232 e. The molecule has 0 saturated carbocycles. The third-order valence-corrected chi connectivity index (χ3v) is 4.97. The molecule has 0 spiro atoms. The molecule has 1 unspecified atom stereocenters. The highest BCUT2D eigenvalue weighted by Gasteiger charge is 2.38. The summed E-state index contributed by atoms with van der Waals surface area (Å²) >= 11 is 0. The molecule has 4 nitrogen and oxygen atoms in total. The van der Waals surface area contributed by atoms with Crippen LogP contribution in [0.3, 0.4) is 0 Å². The van der Waals surface area contributed by atoms with Gasteiger partial charge in [-0.25, -0.2) is 0 Å². The van der Waals surface area contributed by atoms with Gasteiger partial charge in [0.05, 0.1) is 5.92 Å². The molecule has 2 amide bonds. The summed E-state index contributed by atoms with van der Waals surface area (Å²) in [5.41, 5.74) is 2.96. The second-order valence-electron chi connectivity index (χ2n) is 7.04. The van der Waals surface area contributed by atoms with Crippen molar-refractivity contribution in [3.63, 3.8) is 0 Å². The van der Waals surface area contributed by atoms with Gasteiger partial charge in [0.2, 0.25) is 11.8 Å². The highest BCUT2D eigenvalue weighted by molar-refractivity contribution is 6.04. The van der Waals surface area contributed by atoms with Crippen molar-refractivity contribution in [2.75, 3.05) is 22.9 Å². The summed E-state index contributed by atoms with van der Waals surface area (Å²) in [6.07, 6.45) is 0.272. The number of nitrogens with zero attached hydrogens (tertiary/aromatic N) is 2. The van der Waals surface area contributed by atoms with Crippen LogP contribution in [0.1, 0.15) is 38.7 Å². The first-order chi connectivity index (χ1) is 12.5. The van der Waals surface area contributed by atoms with E-state index in [4.69, 9.17) is 0 Å². The molecule has 0 radical (unpaired) electrons. The summed E-state index contributed by atoms with van der Waals surface area (Å²) < 4.78 is 0. The molecule has 1 saturated heterocycles. The van der Waals surface area contributed by atoms with Crippen LogP contribution in [0.5, 0.6) is 0 Å². The fraction of sp³-hybridized carbons (Fsp3) is 0.364. The zero-order valence-electron chi connectivity index (χ0n) is 15.7. The van der Waals surface area contributed by atoms with Crippen molar-refractivity contribution in [3.05, 3.63) is 60.2 Å². The summed E-state index contributed by atoms with van der Waals surface area (Å²) in [6.45, 7) is 7.25. The summed E-state index contributed by atoms with van der Waals surface area (Å²) in [4.78, 5) is 29.3. The molecule has 1 heterocycles. The topological polar surface area (TPSA) is 40.6 Å². The lowest BCUT2D eigenvalue weighted by atomic mass is 10.0. The van der Waals surface area contributed by atoms with E-state index in [-0.39, 0.29) is 24.2 Å². The molecule has 0 bridgehead atoms. The zero-order valence-corrected chi connectivity index (χ0v) is 15.7. The molecule has 1 atom stereocenters. The number of anilines is 2. The minimum absolute atomic E-state index is 0.0246. The van der Waals surface area contributed by atoms with Crippen LogP contribution in [-0.4, -0.2) is 24.9 Å². The van der Waals surface area contributed by atoms with Gasteiger partial charge in [-0.2, -0.15) is 0 Å². The van der Waals surface area contributed by atoms with Crippen LogP contribution in [0, 0.1) is 5.92 Å². The van der Waals surface area contributed by atoms with Gasteiger partial charge in [-0.05, 0) is 36.6 Å². The zero-order chi connectivity index (χ0) is 18.7. The average Bonchev–Trinajstić information content (AvgIpc) is 3.04. The first-order valence-electron chi connectivity index (χ1n) is 9.28. The molecule has 26 heavy (non-hydrogen) atoms. The standard InChI is InChI=1S/C22H26N2O2/c1-4-23(18-10-6-5-7-11-18)22(26)17-14-21(25)24(15-17)20-13-9-8-12-19(20)16(2)3/h5-13,16-17H,4,14-15H2,1-3H3. The summed E-state index contributed by atoms with van der Waals surface area (Å²) in [5.74, 6) is 0.0743. The number of para-hydroxylation sites is 2. The maximum absolute atomic E-state index is 13.1. The Morgan fingerprint density at radius 3 is 2.42 bits per heavy atom. The van der Waals surface area contributed by atoms with E-state index in [1.807, 2.05) is 55.5 Å². The van der Waals surface area contributed by atoms with Crippen LogP contribution in [0.2, 0.25) is 0 Å². The number of rotatable bonds is 5. The predicted molar refractivity (Wildman–Crippen MR) is 105 cm³/mol. The van der Waals surface area contributed by atoms with Crippen molar-refractivity contribution < 1.29 is 9.59 Å². The number of benzene rings is 2. The summed E-state index contributed by atoms with van der Waals surface area (Å²) in [5, 5.41) is 0. The van der Waals surface area contributed by atoms with Crippen LogP contribution in [0.25, 0.3) is 0 Å². The van der Waals surface area contributed by atoms with Gasteiger partial charge in [0, 0.05) is 30.9 Å². The van der Waals surface area contributed by atoms with Crippen molar-refractivity contribution in [3.8, 4) is 0 Å². The van der Waals surface area contributed by atoms with Gasteiger partial charge in [-0.1, -0.05) is 50.2 Å². The monoisotopic (exact) mass is 350 g/mol. The van der Waals surface area contributed by atoms with Gasteiger partial charge in [-0.15, -0.1) is 0 Å². The molecule has 2 aromatic rings. The van der Waals surface area contributed by atoms with Crippen LogP contribution < -0.4 is 9.80 Å². The van der Waals surface area contributed by atoms with Crippen molar-refractivity contribution in [2.24, 2.45) is 5.92 Å². The minimum Gasteiger partial charge on any atom is -0.312 e. The van der Waals surface area contributed by atoms with Gasteiger partial charge in [0.1, 0.15) is 0 Å². The van der Waals surface area contributed by atoms with Crippen molar-refractivity contribution in [1.29, 1.82) is 0 Å². The number of hydrogen-bond donors (Lipinski definition) is 0. The van der Waals surface area contributed by atoms with Crippen LogP contribution >= 0.6 is 0 Å². The SMILES string of the molecule is CCN(C(=O)C1CC(=O)N(c2ccccc2C(C)C)C1)c1ccccc1. The van der Waals surface area contributed by atoms with E-state index in [2.05, 4.69) is 19.9 Å². The molecule has 2 aromatic carbocycles. The Morgan fingerprint density at radius 1 is 1.12 bits per heavy atom. The number of carbonyl (C=O) groups excluding carboxylic acids is 2. The van der Waals surface area contributed by atoms with E-state index in [0.29, 0.717) is 19.0 Å². The molecular formula is C22H26N2O2. The first kappa shape index (κ1) is 18.2. The largest absolute Gasteiger partial charge is 0.312 e. The normalized spacial score (nSPS) is 17.0. The lowest BCUT2D eigenvalue weighted by Gasteiger charge is -2.25. The van der Waals surface area contributed by atoms with Crippen molar-refractivity contribution in [1.82, 2.24) is 0 Å². The number of amides is 2. The maximum Gasteiger partial charge on any atom is 0.232 e. The molecule has 1 aliphatic heterocycles. The quantitative estimate of drug-likeness (QED) is 0.810. The second-order valence-corrected chi connectivity index (χ2v) is 7.04. The number of carbonyl (C=O) groups is 2. The Hall–Kier alpha value is -2.62. The van der Waals surface area contributed by atoms with Crippen molar-refractivity contribution in [2.45, 2.75) is 33.1 Å². The van der Waals surface area contributed by atoms with Crippen LogP contribution in [0.4, 0.5) is 11.4 Å². The van der Waals surface area contributed by atoms with Crippen LogP contribution in [-0.2, 0) is 9.59 Å². The van der Waals surface area contributed by atoms with Gasteiger partial charge >= 0.3 is 0 Å². The van der Waals surface area contributed by atoms with E-state index >= 15 is 0 Å². The average molecular weight is 350 g/mol. The molecule has 1 fully saturated rings. The van der Waals surface area contributed by atoms with E-state index in [9.17, 15) is 9.59 Å². The fourth-order valence-corrected chi connectivity index (χ4v) is 3.62. The van der Waals surface area contributed by atoms with Gasteiger partial charge in [-0.3, -0.25) is 9.59 Å². The Morgan fingerprint density at radius 2 is 1.77 bits per heavy atom. The van der Waals surface area contributed by atoms with Gasteiger partial charge in [0.15, 0.2) is 0 Å². The minimum atomic E-state index is -0.303. The van der Waals surface area contributed by atoms with Gasteiger partial charge in [0.25, 0.3) is 0 Å². The van der Waals surface area contributed by atoms with E-state index < -0.39 is 0 Å². The maximum atomic E-state index is 13.1. The lowest BCUT2D eigenvalue weighted by molar-refractivity contribution is -0.124. The first-order valence-corrected chi connectivity index (χ1v) is 9.28. The number of hydrogen-bond acceptors (Lipinski definition) is 2. The fourth-order valence-electron chi connectivity index (χ4n) is 3.62. The van der Waals surface area contributed by atoms with Gasteiger partial charge < -0.3 is 9.80 Å². The molecule has 0 aromatic heterocycles. The molecule has 3 rings (SSSR count). The lowest BCUT2D eigenvalue weighted by Crippen LogP contribution is -2.37. The highest BCUT2D eigenvalue weighted by atomic mass is 16.2. The second kappa shape index (κ2) is 7.73. The van der Waals surface area contributed by atoms with Crippen molar-refractivity contribution >= 4 is 23.2 Å². The van der Waals surface area contributed by atoms with Crippen LogP contribution in [0.15, 0.2) is 54.6 Å². The Balaban J connectivity index is 1.83. The molecule has 1 aliphatic rings.